The first kappa shape index (κ1) is 20.8. The number of imidazole rings is 1. The summed E-state index contributed by atoms with van der Waals surface area (Å²) in [6.45, 7) is 6.42. The van der Waals surface area contributed by atoms with E-state index in [4.69, 9.17) is 11.5 Å². The highest BCUT2D eigenvalue weighted by Crippen LogP contribution is 2.19. The topological polar surface area (TPSA) is 141 Å². The van der Waals surface area contributed by atoms with Crippen LogP contribution in [0.5, 0.6) is 0 Å². The van der Waals surface area contributed by atoms with Gasteiger partial charge in [0.1, 0.15) is 11.2 Å². The number of carbonyl (C=O) groups is 2. The number of hydrogen-bond donors (Lipinski definition) is 3. The van der Waals surface area contributed by atoms with Gasteiger partial charge in [0.2, 0.25) is 11.9 Å². The summed E-state index contributed by atoms with van der Waals surface area (Å²) in [6, 6.07) is 1.55. The first-order valence-electron chi connectivity index (χ1n) is 8.98. The number of hydrogen-bond acceptors (Lipinski definition) is 6. The first-order chi connectivity index (χ1) is 13.4. The number of pyridine rings is 1. The Hall–Kier alpha value is -3.49. The van der Waals surface area contributed by atoms with Gasteiger partial charge in [-0.15, -0.1) is 0 Å². The van der Waals surface area contributed by atoms with E-state index in [1.165, 1.54) is 12.3 Å². The number of rotatable bonds is 8. The van der Waals surface area contributed by atoms with Crippen LogP contribution in [0, 0.1) is 0 Å². The van der Waals surface area contributed by atoms with Crippen LogP contribution < -0.4 is 16.8 Å². The van der Waals surface area contributed by atoms with Crippen LogP contribution in [0.3, 0.4) is 0 Å². The average molecular weight is 383 g/mol. The number of carbonyl (C=O) groups excluding carboxylic acids is 2. The van der Waals surface area contributed by atoms with E-state index < -0.39 is 11.8 Å². The van der Waals surface area contributed by atoms with E-state index in [9.17, 15) is 9.59 Å². The van der Waals surface area contributed by atoms with E-state index in [0.29, 0.717) is 35.9 Å². The Balaban J connectivity index is 2.48. The summed E-state index contributed by atoms with van der Waals surface area (Å²) in [7, 11) is 0. The standard InChI is InChI=1S/C19H25N7O2/c1-4-6-7-8-26-17-14(10-13(11-23-17)16(21)27)24-19(26)25-18(28)15(22-5-2)9-12(3)20/h6-7,9-11H,4-5,8,20H2,1-3H3,(H2,21,27)(H,24,25,28)/b7-6+,12-9-,22-15?. The Kier molecular flexibility index (Phi) is 7.02. The van der Waals surface area contributed by atoms with Crippen molar-refractivity contribution in [2.45, 2.75) is 33.7 Å². The van der Waals surface area contributed by atoms with Crippen LogP contribution in [-0.2, 0) is 11.3 Å². The fraction of sp³-hybridized carbons (Fsp3) is 0.316. The monoisotopic (exact) mass is 383 g/mol. The van der Waals surface area contributed by atoms with Gasteiger partial charge in [-0.05, 0) is 32.4 Å². The molecule has 5 N–H and O–H groups in total. The SMILES string of the molecule is CC/C=C/Cn1c(NC(=O)C(/C=C(/C)N)=NCC)nc2cc(C(N)=O)cnc21. The summed E-state index contributed by atoms with van der Waals surface area (Å²) in [5, 5.41) is 2.76. The molecular formula is C19H25N7O2. The fourth-order valence-corrected chi connectivity index (χ4v) is 2.50. The molecule has 148 valence electrons. The Morgan fingerprint density at radius 2 is 2.04 bits per heavy atom. The van der Waals surface area contributed by atoms with Gasteiger partial charge in [0.25, 0.3) is 5.91 Å². The van der Waals surface area contributed by atoms with Crippen LogP contribution in [0.4, 0.5) is 5.95 Å². The maximum Gasteiger partial charge on any atom is 0.276 e. The molecule has 9 heteroatoms. The second-order valence-corrected chi connectivity index (χ2v) is 6.06. The van der Waals surface area contributed by atoms with Gasteiger partial charge in [0.15, 0.2) is 5.65 Å². The van der Waals surface area contributed by atoms with Crippen molar-refractivity contribution in [3.05, 3.63) is 41.8 Å². The van der Waals surface area contributed by atoms with E-state index in [1.807, 2.05) is 26.0 Å². The lowest BCUT2D eigenvalue weighted by Gasteiger charge is -2.08. The van der Waals surface area contributed by atoms with E-state index in [2.05, 4.69) is 20.3 Å². The summed E-state index contributed by atoms with van der Waals surface area (Å²) >= 11 is 0. The number of anilines is 1. The lowest BCUT2D eigenvalue weighted by molar-refractivity contribution is -0.110. The minimum Gasteiger partial charge on any atom is -0.402 e. The number of nitrogens with two attached hydrogens (primary N) is 2. The lowest BCUT2D eigenvalue weighted by Crippen LogP contribution is -2.24. The zero-order chi connectivity index (χ0) is 20.7. The molecule has 0 aliphatic rings. The lowest BCUT2D eigenvalue weighted by atomic mass is 10.2. The maximum atomic E-state index is 12.7. The predicted octanol–water partition coefficient (Wildman–Crippen LogP) is 1.76. The number of allylic oxidation sites excluding steroid dienone is 3. The molecule has 2 amide bonds. The first-order valence-corrected chi connectivity index (χ1v) is 8.98. The molecule has 2 aromatic heterocycles. The third kappa shape index (κ3) is 5.03. The van der Waals surface area contributed by atoms with Gasteiger partial charge >= 0.3 is 0 Å². The Morgan fingerprint density at radius 1 is 1.29 bits per heavy atom. The third-order valence-electron chi connectivity index (χ3n) is 3.71. The van der Waals surface area contributed by atoms with E-state index in [0.717, 1.165) is 6.42 Å². The molecule has 0 saturated carbocycles. The summed E-state index contributed by atoms with van der Waals surface area (Å²) < 4.78 is 1.74. The number of fused-ring (bicyclic) bond motifs is 1. The van der Waals surface area contributed by atoms with Crippen molar-refractivity contribution in [1.82, 2.24) is 14.5 Å². The minimum absolute atomic E-state index is 0.205. The molecule has 0 saturated heterocycles. The van der Waals surface area contributed by atoms with Crippen molar-refractivity contribution >= 4 is 34.6 Å². The number of nitrogens with zero attached hydrogens (tertiary/aromatic N) is 4. The Labute approximate surface area is 163 Å². The van der Waals surface area contributed by atoms with Gasteiger partial charge in [-0.1, -0.05) is 19.1 Å². The van der Waals surface area contributed by atoms with Gasteiger partial charge in [0.05, 0.1) is 5.56 Å². The minimum atomic E-state index is -0.596. The van der Waals surface area contributed by atoms with E-state index in [-0.39, 0.29) is 11.3 Å². The largest absolute Gasteiger partial charge is 0.402 e. The van der Waals surface area contributed by atoms with Crippen molar-refractivity contribution < 1.29 is 9.59 Å². The van der Waals surface area contributed by atoms with Crippen LogP contribution in [0.1, 0.15) is 37.6 Å². The molecule has 9 nitrogen and oxygen atoms in total. The highest BCUT2D eigenvalue weighted by Gasteiger charge is 2.17. The fourth-order valence-electron chi connectivity index (χ4n) is 2.50. The third-order valence-corrected chi connectivity index (χ3v) is 3.71. The maximum absolute atomic E-state index is 12.7. The average Bonchev–Trinajstić information content (AvgIpc) is 2.97. The molecule has 0 unspecified atom stereocenters. The molecule has 2 rings (SSSR count). The molecule has 2 heterocycles. The quantitative estimate of drug-likeness (QED) is 0.470. The van der Waals surface area contributed by atoms with Gasteiger partial charge in [-0.3, -0.25) is 24.5 Å². The molecule has 0 aliphatic carbocycles. The molecule has 2 aromatic rings. The second-order valence-electron chi connectivity index (χ2n) is 6.06. The molecule has 0 aromatic carbocycles. The predicted molar refractivity (Wildman–Crippen MR) is 110 cm³/mol. The van der Waals surface area contributed by atoms with Crippen LogP contribution in [0.2, 0.25) is 0 Å². The number of amides is 2. The zero-order valence-electron chi connectivity index (χ0n) is 16.3. The van der Waals surface area contributed by atoms with Gasteiger partial charge in [0, 0.05) is 25.0 Å². The molecule has 0 fully saturated rings. The highest BCUT2D eigenvalue weighted by molar-refractivity contribution is 6.47. The van der Waals surface area contributed by atoms with Crippen LogP contribution in [0.15, 0.2) is 41.2 Å². The Morgan fingerprint density at radius 3 is 2.64 bits per heavy atom. The van der Waals surface area contributed by atoms with Crippen LogP contribution >= 0.6 is 0 Å². The summed E-state index contributed by atoms with van der Waals surface area (Å²) in [5.74, 6) is -0.735. The second kappa shape index (κ2) is 9.45. The molecule has 0 aliphatic heterocycles. The normalized spacial score (nSPS) is 12.7. The van der Waals surface area contributed by atoms with Crippen molar-refractivity contribution in [3.8, 4) is 0 Å². The highest BCUT2D eigenvalue weighted by atomic mass is 16.2. The van der Waals surface area contributed by atoms with E-state index >= 15 is 0 Å². The van der Waals surface area contributed by atoms with Gasteiger partial charge < -0.3 is 11.5 Å². The summed E-state index contributed by atoms with van der Waals surface area (Å²) in [5.41, 5.74) is 12.9. The van der Waals surface area contributed by atoms with Crippen molar-refractivity contribution in [2.24, 2.45) is 16.5 Å². The molecule has 0 radical (unpaired) electrons. The number of primary amides is 1. The molecule has 28 heavy (non-hydrogen) atoms. The molecule has 0 atom stereocenters. The molecular weight excluding hydrogens is 358 g/mol. The van der Waals surface area contributed by atoms with E-state index in [1.54, 1.807) is 17.6 Å². The van der Waals surface area contributed by atoms with Gasteiger partial charge in [-0.25, -0.2) is 9.97 Å². The summed E-state index contributed by atoms with van der Waals surface area (Å²) in [4.78, 5) is 37.0. The number of aromatic nitrogens is 3. The van der Waals surface area contributed by atoms with Crippen molar-refractivity contribution in [3.63, 3.8) is 0 Å². The molecule has 0 spiro atoms. The van der Waals surface area contributed by atoms with Crippen molar-refractivity contribution in [1.29, 1.82) is 0 Å². The number of aliphatic imine (C=N–C) groups is 1. The van der Waals surface area contributed by atoms with Gasteiger partial charge in [-0.2, -0.15) is 0 Å². The van der Waals surface area contributed by atoms with Crippen LogP contribution in [0.25, 0.3) is 11.2 Å². The number of nitrogens with one attached hydrogen (secondary N) is 1. The van der Waals surface area contributed by atoms with Crippen LogP contribution in [-0.4, -0.2) is 38.6 Å². The molecule has 0 bridgehead atoms. The Bertz CT molecular complexity index is 966. The smallest absolute Gasteiger partial charge is 0.276 e. The van der Waals surface area contributed by atoms with Crippen molar-refractivity contribution in [2.75, 3.05) is 11.9 Å². The summed E-state index contributed by atoms with van der Waals surface area (Å²) in [6.07, 6.45) is 7.72. The zero-order valence-corrected chi connectivity index (χ0v) is 16.3.